The summed E-state index contributed by atoms with van der Waals surface area (Å²) in [6, 6.07) is 8.09. The van der Waals surface area contributed by atoms with Crippen molar-refractivity contribution in [2.75, 3.05) is 26.2 Å². The molecule has 2 saturated heterocycles. The quantitative estimate of drug-likeness (QED) is 0.811. The van der Waals surface area contributed by atoms with E-state index >= 15 is 0 Å². The number of nitrogens with one attached hydrogen (secondary N) is 1. The maximum absolute atomic E-state index is 13.0. The summed E-state index contributed by atoms with van der Waals surface area (Å²) >= 11 is 0. The van der Waals surface area contributed by atoms with Gasteiger partial charge in [-0.2, -0.15) is 0 Å². The molecule has 0 radical (unpaired) electrons. The molecule has 0 bridgehead atoms. The fraction of sp³-hybridized carbons (Fsp3) is 0.609. The van der Waals surface area contributed by atoms with E-state index in [1.54, 1.807) is 4.90 Å². The minimum Gasteiger partial charge on any atom is -0.444 e. The Bertz CT molecular complexity index is 868. The van der Waals surface area contributed by atoms with Crippen molar-refractivity contribution in [1.29, 1.82) is 0 Å². The van der Waals surface area contributed by atoms with Crippen molar-refractivity contribution >= 4 is 23.0 Å². The molecule has 0 saturated carbocycles. The van der Waals surface area contributed by atoms with Gasteiger partial charge in [0.15, 0.2) is 0 Å². The molecule has 1 aromatic heterocycles. The maximum atomic E-state index is 13.0. The summed E-state index contributed by atoms with van der Waals surface area (Å²) in [5.74, 6) is 1.65. The number of piperidine rings is 2. The second-order valence-electron chi connectivity index (χ2n) is 9.48. The first-order chi connectivity index (χ1) is 14.3. The van der Waals surface area contributed by atoms with E-state index in [2.05, 4.69) is 4.98 Å². The lowest BCUT2D eigenvalue weighted by atomic mass is 9.92. The van der Waals surface area contributed by atoms with Crippen LogP contribution in [0.3, 0.4) is 0 Å². The van der Waals surface area contributed by atoms with Crippen LogP contribution in [0, 0.1) is 5.92 Å². The predicted octanol–water partition coefficient (Wildman–Crippen LogP) is 3.92. The Labute approximate surface area is 177 Å². The van der Waals surface area contributed by atoms with Crippen LogP contribution in [-0.2, 0) is 9.53 Å². The van der Waals surface area contributed by atoms with Gasteiger partial charge in [0.2, 0.25) is 5.91 Å². The number of nitrogens with zero attached hydrogens (tertiary/aromatic N) is 3. The highest BCUT2D eigenvalue weighted by Crippen LogP contribution is 2.30. The number of benzene rings is 1. The Morgan fingerprint density at radius 2 is 1.63 bits per heavy atom. The second-order valence-corrected chi connectivity index (χ2v) is 9.48. The predicted molar refractivity (Wildman–Crippen MR) is 115 cm³/mol. The molecule has 2 fully saturated rings. The largest absolute Gasteiger partial charge is 0.444 e. The second kappa shape index (κ2) is 8.28. The summed E-state index contributed by atoms with van der Waals surface area (Å²) in [7, 11) is 0. The van der Waals surface area contributed by atoms with E-state index < -0.39 is 5.60 Å². The number of hydrogen-bond acceptors (Lipinski definition) is 4. The topological polar surface area (TPSA) is 78.5 Å². The number of para-hydroxylation sites is 2. The Balaban J connectivity index is 1.27. The van der Waals surface area contributed by atoms with Crippen LogP contribution < -0.4 is 0 Å². The molecule has 162 valence electrons. The number of carbonyl (C=O) groups is 2. The molecule has 4 rings (SSSR count). The van der Waals surface area contributed by atoms with Crippen LogP contribution in [0.15, 0.2) is 24.3 Å². The van der Waals surface area contributed by atoms with Crippen molar-refractivity contribution in [1.82, 2.24) is 19.8 Å². The Morgan fingerprint density at radius 1 is 1.00 bits per heavy atom. The van der Waals surface area contributed by atoms with Gasteiger partial charge in [-0.1, -0.05) is 12.1 Å². The van der Waals surface area contributed by atoms with Crippen LogP contribution in [-0.4, -0.2) is 63.5 Å². The number of aromatic amines is 1. The Kier molecular flexibility index (Phi) is 5.71. The number of imidazole rings is 1. The summed E-state index contributed by atoms with van der Waals surface area (Å²) in [5, 5.41) is 0. The van der Waals surface area contributed by atoms with Gasteiger partial charge in [0.25, 0.3) is 0 Å². The number of amides is 2. The van der Waals surface area contributed by atoms with Crippen LogP contribution in [0.25, 0.3) is 11.0 Å². The summed E-state index contributed by atoms with van der Waals surface area (Å²) < 4.78 is 5.45. The molecule has 7 nitrogen and oxygen atoms in total. The van der Waals surface area contributed by atoms with Gasteiger partial charge in [-0.25, -0.2) is 9.78 Å². The Morgan fingerprint density at radius 3 is 2.27 bits per heavy atom. The highest BCUT2D eigenvalue weighted by Gasteiger charge is 2.34. The van der Waals surface area contributed by atoms with Crippen molar-refractivity contribution in [3.8, 4) is 0 Å². The lowest BCUT2D eigenvalue weighted by Crippen LogP contribution is -2.47. The van der Waals surface area contributed by atoms with E-state index in [0.717, 1.165) is 42.8 Å². The van der Waals surface area contributed by atoms with Crippen LogP contribution in [0.2, 0.25) is 0 Å². The van der Waals surface area contributed by atoms with Crippen LogP contribution in [0.4, 0.5) is 4.79 Å². The number of aromatic nitrogens is 2. The SMILES string of the molecule is CC(C)(C)OC(=O)N1CCC(C(=O)N2CCC(c3nc4ccccc4[nH]3)CC2)CC1. The van der Waals surface area contributed by atoms with Gasteiger partial charge in [0, 0.05) is 38.0 Å². The molecule has 3 heterocycles. The summed E-state index contributed by atoms with van der Waals surface area (Å²) in [4.78, 5) is 37.1. The van der Waals surface area contributed by atoms with E-state index in [9.17, 15) is 9.59 Å². The first kappa shape index (κ1) is 20.7. The normalized spacial score (nSPS) is 19.3. The molecule has 1 N–H and O–H groups in total. The zero-order valence-corrected chi connectivity index (χ0v) is 18.2. The zero-order valence-electron chi connectivity index (χ0n) is 18.2. The smallest absolute Gasteiger partial charge is 0.410 e. The van der Waals surface area contributed by atoms with Crippen LogP contribution in [0.1, 0.15) is 58.2 Å². The fourth-order valence-electron chi connectivity index (χ4n) is 4.43. The summed E-state index contributed by atoms with van der Waals surface area (Å²) in [5.41, 5.74) is 1.58. The fourth-order valence-corrected chi connectivity index (χ4v) is 4.43. The van der Waals surface area contributed by atoms with Gasteiger partial charge >= 0.3 is 6.09 Å². The number of carbonyl (C=O) groups excluding carboxylic acids is 2. The molecule has 30 heavy (non-hydrogen) atoms. The van der Waals surface area contributed by atoms with E-state index in [-0.39, 0.29) is 17.9 Å². The molecule has 0 atom stereocenters. The summed E-state index contributed by atoms with van der Waals surface area (Å²) in [6.07, 6.45) is 3.01. The molecule has 2 amide bonds. The van der Waals surface area contributed by atoms with Crippen molar-refractivity contribution in [3.05, 3.63) is 30.1 Å². The molecule has 0 spiro atoms. The van der Waals surface area contributed by atoms with Crippen molar-refractivity contribution in [2.24, 2.45) is 5.92 Å². The van der Waals surface area contributed by atoms with Crippen molar-refractivity contribution in [3.63, 3.8) is 0 Å². The summed E-state index contributed by atoms with van der Waals surface area (Å²) in [6.45, 7) is 8.32. The Hall–Kier alpha value is -2.57. The van der Waals surface area contributed by atoms with E-state index in [1.807, 2.05) is 49.9 Å². The third kappa shape index (κ3) is 4.60. The lowest BCUT2D eigenvalue weighted by molar-refractivity contribution is -0.138. The van der Waals surface area contributed by atoms with Gasteiger partial charge < -0.3 is 19.5 Å². The molecular formula is C23H32N4O3. The minimum atomic E-state index is -0.492. The standard InChI is InChI=1S/C23H32N4O3/c1-23(2,3)30-22(29)27-14-10-17(11-15-27)21(28)26-12-8-16(9-13-26)20-24-18-6-4-5-7-19(18)25-20/h4-7,16-17H,8-15H2,1-3H3,(H,24,25). The van der Waals surface area contributed by atoms with Gasteiger partial charge in [-0.05, 0) is 58.6 Å². The number of fused-ring (bicyclic) bond motifs is 1. The number of likely N-dealkylation sites (tertiary alicyclic amines) is 2. The van der Waals surface area contributed by atoms with Crippen LogP contribution >= 0.6 is 0 Å². The first-order valence-corrected chi connectivity index (χ1v) is 11.0. The zero-order chi connectivity index (χ0) is 21.3. The number of rotatable bonds is 2. The number of hydrogen-bond donors (Lipinski definition) is 1. The lowest BCUT2D eigenvalue weighted by Gasteiger charge is -2.37. The molecule has 0 aliphatic carbocycles. The van der Waals surface area contributed by atoms with Gasteiger partial charge in [0.1, 0.15) is 11.4 Å². The van der Waals surface area contributed by atoms with Gasteiger partial charge in [0.05, 0.1) is 11.0 Å². The average molecular weight is 413 g/mol. The maximum Gasteiger partial charge on any atom is 0.410 e. The number of H-pyrrole nitrogens is 1. The van der Waals surface area contributed by atoms with Gasteiger partial charge in [-0.3, -0.25) is 4.79 Å². The molecule has 7 heteroatoms. The van der Waals surface area contributed by atoms with Crippen molar-refractivity contribution in [2.45, 2.75) is 58.0 Å². The molecular weight excluding hydrogens is 380 g/mol. The molecule has 2 aromatic rings. The minimum absolute atomic E-state index is 0.00596. The van der Waals surface area contributed by atoms with E-state index in [0.29, 0.717) is 31.8 Å². The number of ether oxygens (including phenoxy) is 1. The average Bonchev–Trinajstić information content (AvgIpc) is 3.16. The van der Waals surface area contributed by atoms with E-state index in [4.69, 9.17) is 9.72 Å². The van der Waals surface area contributed by atoms with E-state index in [1.165, 1.54) is 0 Å². The highest BCUT2D eigenvalue weighted by atomic mass is 16.6. The molecule has 0 unspecified atom stereocenters. The third-order valence-electron chi connectivity index (χ3n) is 6.10. The first-order valence-electron chi connectivity index (χ1n) is 11.0. The third-order valence-corrected chi connectivity index (χ3v) is 6.10. The molecule has 1 aromatic carbocycles. The highest BCUT2D eigenvalue weighted by molar-refractivity contribution is 5.79. The van der Waals surface area contributed by atoms with Crippen LogP contribution in [0.5, 0.6) is 0 Å². The molecule has 2 aliphatic heterocycles. The molecule has 2 aliphatic rings. The van der Waals surface area contributed by atoms with Gasteiger partial charge in [-0.15, -0.1) is 0 Å². The monoisotopic (exact) mass is 412 g/mol. The van der Waals surface area contributed by atoms with Crippen molar-refractivity contribution < 1.29 is 14.3 Å².